The van der Waals surface area contributed by atoms with Crippen LogP contribution < -0.4 is 5.32 Å². The Hall–Kier alpha value is -1.36. The summed E-state index contributed by atoms with van der Waals surface area (Å²) < 4.78 is 1.86. The third-order valence-corrected chi connectivity index (χ3v) is 2.64. The highest BCUT2D eigenvalue weighted by atomic mass is 16.4. The number of carboxylic acids is 1. The highest BCUT2D eigenvalue weighted by molar-refractivity contribution is 5.73. The fourth-order valence-electron chi connectivity index (χ4n) is 1.59. The molecule has 1 rings (SSSR count). The molecule has 5 heteroatoms. The van der Waals surface area contributed by atoms with E-state index in [4.69, 9.17) is 5.11 Å². The van der Waals surface area contributed by atoms with E-state index in [1.54, 1.807) is 6.20 Å². The molecule has 0 fully saturated rings. The van der Waals surface area contributed by atoms with Crippen LogP contribution in [0.5, 0.6) is 0 Å². The van der Waals surface area contributed by atoms with Gasteiger partial charge in [-0.15, -0.1) is 0 Å². The van der Waals surface area contributed by atoms with Crippen molar-refractivity contribution in [3.05, 3.63) is 18.0 Å². The predicted molar refractivity (Wildman–Crippen MR) is 65.7 cm³/mol. The molecule has 17 heavy (non-hydrogen) atoms. The third kappa shape index (κ3) is 3.85. The summed E-state index contributed by atoms with van der Waals surface area (Å²) in [5.74, 6) is -0.746. The Morgan fingerprint density at radius 2 is 2.12 bits per heavy atom. The maximum atomic E-state index is 11.0. The van der Waals surface area contributed by atoms with Crippen LogP contribution in [0.3, 0.4) is 0 Å². The quantitative estimate of drug-likeness (QED) is 0.792. The molecule has 2 N–H and O–H groups in total. The van der Waals surface area contributed by atoms with Crippen molar-refractivity contribution in [2.75, 3.05) is 0 Å². The zero-order valence-electron chi connectivity index (χ0n) is 10.8. The standard InChI is InChI=1S/C12H21N3O2/c1-8(2)11(12(16)17)13-5-10-6-14-15(7-10)9(3)4/h6-9,11,13H,5H2,1-4H3,(H,16,17). The first kappa shape index (κ1) is 13.7. The summed E-state index contributed by atoms with van der Waals surface area (Å²) in [6.45, 7) is 8.42. The number of hydrogen-bond acceptors (Lipinski definition) is 3. The van der Waals surface area contributed by atoms with E-state index in [2.05, 4.69) is 24.3 Å². The Morgan fingerprint density at radius 3 is 2.53 bits per heavy atom. The van der Waals surface area contributed by atoms with Crippen molar-refractivity contribution in [1.82, 2.24) is 15.1 Å². The van der Waals surface area contributed by atoms with E-state index in [-0.39, 0.29) is 5.92 Å². The van der Waals surface area contributed by atoms with Gasteiger partial charge in [0.25, 0.3) is 0 Å². The van der Waals surface area contributed by atoms with E-state index in [9.17, 15) is 4.79 Å². The van der Waals surface area contributed by atoms with Crippen LogP contribution in [0, 0.1) is 5.92 Å². The summed E-state index contributed by atoms with van der Waals surface area (Å²) in [7, 11) is 0. The Morgan fingerprint density at radius 1 is 1.47 bits per heavy atom. The van der Waals surface area contributed by atoms with Gasteiger partial charge in [0.1, 0.15) is 6.04 Å². The van der Waals surface area contributed by atoms with Crippen molar-refractivity contribution >= 4 is 5.97 Å². The van der Waals surface area contributed by atoms with Crippen LogP contribution in [0.2, 0.25) is 0 Å². The Kier molecular flexibility index (Phi) is 4.69. The third-order valence-electron chi connectivity index (χ3n) is 2.64. The number of aromatic nitrogens is 2. The first-order chi connectivity index (χ1) is 7.91. The number of rotatable bonds is 6. The van der Waals surface area contributed by atoms with E-state index in [0.717, 1.165) is 5.56 Å². The summed E-state index contributed by atoms with van der Waals surface area (Å²) >= 11 is 0. The second-order valence-corrected chi connectivity index (χ2v) is 4.86. The van der Waals surface area contributed by atoms with E-state index in [1.165, 1.54) is 0 Å². The molecular weight excluding hydrogens is 218 g/mol. The topological polar surface area (TPSA) is 67.2 Å². The zero-order chi connectivity index (χ0) is 13.0. The van der Waals surface area contributed by atoms with Crippen molar-refractivity contribution in [2.45, 2.75) is 46.3 Å². The second kappa shape index (κ2) is 5.82. The minimum atomic E-state index is -0.809. The first-order valence-corrected chi connectivity index (χ1v) is 5.91. The molecule has 5 nitrogen and oxygen atoms in total. The van der Waals surface area contributed by atoms with Gasteiger partial charge in [0.15, 0.2) is 0 Å². The zero-order valence-corrected chi connectivity index (χ0v) is 10.8. The summed E-state index contributed by atoms with van der Waals surface area (Å²) in [5.41, 5.74) is 1.01. The predicted octanol–water partition coefficient (Wildman–Crippen LogP) is 1.66. The molecule has 1 aromatic heterocycles. The van der Waals surface area contributed by atoms with Crippen LogP contribution in [-0.4, -0.2) is 26.9 Å². The summed E-state index contributed by atoms with van der Waals surface area (Å²) in [6, 6.07) is -0.193. The molecule has 1 atom stereocenters. The molecule has 0 saturated carbocycles. The molecule has 1 heterocycles. The van der Waals surface area contributed by atoms with Gasteiger partial charge in [-0.05, 0) is 19.8 Å². The number of carboxylic acid groups (broad SMARTS) is 1. The molecule has 96 valence electrons. The van der Waals surface area contributed by atoms with Crippen LogP contribution in [0.15, 0.2) is 12.4 Å². The molecule has 0 aliphatic heterocycles. The van der Waals surface area contributed by atoms with E-state index < -0.39 is 12.0 Å². The molecule has 1 unspecified atom stereocenters. The highest BCUT2D eigenvalue weighted by Crippen LogP contribution is 2.07. The van der Waals surface area contributed by atoms with Gasteiger partial charge < -0.3 is 5.11 Å². The summed E-state index contributed by atoms with van der Waals surface area (Å²) in [5, 5.41) is 16.3. The fourth-order valence-corrected chi connectivity index (χ4v) is 1.59. The summed E-state index contributed by atoms with van der Waals surface area (Å²) in [6.07, 6.45) is 3.71. The van der Waals surface area contributed by atoms with Gasteiger partial charge >= 0.3 is 5.97 Å². The van der Waals surface area contributed by atoms with Gasteiger partial charge in [-0.2, -0.15) is 5.10 Å². The van der Waals surface area contributed by atoms with Crippen LogP contribution in [0.25, 0.3) is 0 Å². The number of nitrogens with zero attached hydrogens (tertiary/aromatic N) is 2. The summed E-state index contributed by atoms with van der Waals surface area (Å²) in [4.78, 5) is 11.0. The maximum Gasteiger partial charge on any atom is 0.320 e. The molecule has 0 aliphatic carbocycles. The number of nitrogens with one attached hydrogen (secondary N) is 1. The van der Waals surface area contributed by atoms with Crippen LogP contribution in [0.4, 0.5) is 0 Å². The minimum absolute atomic E-state index is 0.0626. The highest BCUT2D eigenvalue weighted by Gasteiger charge is 2.20. The molecule has 0 aromatic carbocycles. The molecular formula is C12H21N3O2. The fraction of sp³-hybridized carbons (Fsp3) is 0.667. The van der Waals surface area contributed by atoms with Gasteiger partial charge in [-0.25, -0.2) is 0 Å². The molecule has 0 saturated heterocycles. The second-order valence-electron chi connectivity index (χ2n) is 4.86. The van der Waals surface area contributed by atoms with Crippen molar-refractivity contribution in [1.29, 1.82) is 0 Å². The van der Waals surface area contributed by atoms with Crippen LogP contribution >= 0.6 is 0 Å². The lowest BCUT2D eigenvalue weighted by Crippen LogP contribution is -2.40. The lowest BCUT2D eigenvalue weighted by molar-refractivity contribution is -0.140. The Labute approximate surface area is 102 Å². The van der Waals surface area contributed by atoms with Gasteiger partial charge in [0.05, 0.1) is 6.20 Å². The molecule has 0 spiro atoms. The smallest absolute Gasteiger partial charge is 0.320 e. The normalized spacial score (nSPS) is 13.3. The van der Waals surface area contributed by atoms with Gasteiger partial charge in [-0.1, -0.05) is 13.8 Å². The SMILES string of the molecule is CC(C)C(NCc1cnn(C(C)C)c1)C(=O)O. The Balaban J connectivity index is 2.56. The number of aliphatic carboxylic acids is 1. The maximum absolute atomic E-state index is 11.0. The minimum Gasteiger partial charge on any atom is -0.480 e. The number of hydrogen-bond donors (Lipinski definition) is 2. The van der Waals surface area contributed by atoms with Crippen molar-refractivity contribution < 1.29 is 9.90 Å². The molecule has 0 bridgehead atoms. The molecule has 0 amide bonds. The lowest BCUT2D eigenvalue weighted by Gasteiger charge is -2.17. The Bertz CT molecular complexity index is 372. The molecule has 1 aromatic rings. The average molecular weight is 239 g/mol. The van der Waals surface area contributed by atoms with Gasteiger partial charge in [0, 0.05) is 24.3 Å². The average Bonchev–Trinajstić information content (AvgIpc) is 2.65. The largest absolute Gasteiger partial charge is 0.480 e. The molecule has 0 aliphatic rings. The van der Waals surface area contributed by atoms with Gasteiger partial charge in [0.2, 0.25) is 0 Å². The van der Waals surface area contributed by atoms with Gasteiger partial charge in [-0.3, -0.25) is 14.8 Å². The monoisotopic (exact) mass is 239 g/mol. The van der Waals surface area contributed by atoms with Crippen LogP contribution in [-0.2, 0) is 11.3 Å². The number of carbonyl (C=O) groups is 1. The van der Waals surface area contributed by atoms with Crippen LogP contribution in [0.1, 0.15) is 39.3 Å². The molecule has 0 radical (unpaired) electrons. The van der Waals surface area contributed by atoms with Crippen molar-refractivity contribution in [3.63, 3.8) is 0 Å². The lowest BCUT2D eigenvalue weighted by atomic mass is 10.0. The van der Waals surface area contributed by atoms with Crippen molar-refractivity contribution in [3.8, 4) is 0 Å². The van der Waals surface area contributed by atoms with E-state index >= 15 is 0 Å². The van der Waals surface area contributed by atoms with Crippen molar-refractivity contribution in [2.24, 2.45) is 5.92 Å². The van der Waals surface area contributed by atoms with E-state index in [0.29, 0.717) is 12.6 Å². The van der Waals surface area contributed by atoms with E-state index in [1.807, 2.05) is 24.7 Å². The first-order valence-electron chi connectivity index (χ1n) is 5.91.